The summed E-state index contributed by atoms with van der Waals surface area (Å²) >= 11 is 2.68. The van der Waals surface area contributed by atoms with Crippen molar-refractivity contribution < 1.29 is 13.6 Å². The Morgan fingerprint density at radius 1 is 0.962 bits per heavy atom. The second-order valence-electron chi connectivity index (χ2n) is 5.05. The van der Waals surface area contributed by atoms with E-state index in [9.17, 15) is 13.6 Å². The Morgan fingerprint density at radius 3 is 2.42 bits per heavy atom. The maximum absolute atomic E-state index is 13.2. The van der Waals surface area contributed by atoms with Crippen LogP contribution in [0.1, 0.15) is 0 Å². The Kier molecular flexibility index (Phi) is 6.19. The van der Waals surface area contributed by atoms with Crippen molar-refractivity contribution >= 4 is 35.1 Å². The van der Waals surface area contributed by atoms with Crippen LogP contribution in [-0.2, 0) is 4.79 Å². The van der Waals surface area contributed by atoms with Gasteiger partial charge in [-0.15, -0.1) is 0 Å². The van der Waals surface area contributed by atoms with Crippen molar-refractivity contribution in [2.75, 3.05) is 11.1 Å². The summed E-state index contributed by atoms with van der Waals surface area (Å²) in [6, 6.07) is 12.9. The third kappa shape index (κ3) is 5.03. The minimum atomic E-state index is -1.01. The third-order valence-corrected chi connectivity index (χ3v) is 5.24. The molecule has 3 aromatic rings. The molecule has 4 nitrogen and oxygen atoms in total. The first-order valence-corrected chi connectivity index (χ1v) is 9.33. The number of nitrogens with zero attached hydrogens (tertiary/aromatic N) is 2. The molecule has 0 aliphatic rings. The van der Waals surface area contributed by atoms with Gasteiger partial charge in [0.15, 0.2) is 11.6 Å². The summed E-state index contributed by atoms with van der Waals surface area (Å²) in [5, 5.41) is 3.85. The molecule has 1 amide bonds. The number of hydrogen-bond acceptors (Lipinski definition) is 5. The first-order valence-electron chi connectivity index (χ1n) is 7.53. The van der Waals surface area contributed by atoms with E-state index in [0.29, 0.717) is 10.1 Å². The lowest BCUT2D eigenvalue weighted by Crippen LogP contribution is -2.14. The number of thioether (sulfide) groups is 1. The molecule has 1 aromatic heterocycles. The summed E-state index contributed by atoms with van der Waals surface area (Å²) < 4.78 is 26.1. The van der Waals surface area contributed by atoms with Crippen molar-refractivity contribution in [3.8, 4) is 0 Å². The zero-order valence-corrected chi connectivity index (χ0v) is 15.0. The predicted octanol–water partition coefficient (Wildman–Crippen LogP) is 4.64. The van der Waals surface area contributed by atoms with Crippen LogP contribution in [0.4, 0.5) is 14.5 Å². The quantitative estimate of drug-likeness (QED) is 0.623. The number of carbonyl (C=O) groups is 1. The van der Waals surface area contributed by atoms with E-state index in [2.05, 4.69) is 15.3 Å². The number of nitrogens with one attached hydrogen (secondary N) is 1. The molecule has 2 aromatic carbocycles. The number of carbonyl (C=O) groups excluding carboxylic acids is 1. The van der Waals surface area contributed by atoms with Gasteiger partial charge < -0.3 is 5.32 Å². The largest absolute Gasteiger partial charge is 0.325 e. The van der Waals surface area contributed by atoms with E-state index < -0.39 is 11.6 Å². The molecule has 1 heterocycles. The highest BCUT2D eigenvalue weighted by atomic mass is 32.2. The lowest BCUT2D eigenvalue weighted by Gasteiger charge is -2.08. The minimum Gasteiger partial charge on any atom is -0.325 e. The Labute approximate surface area is 157 Å². The van der Waals surface area contributed by atoms with E-state index in [4.69, 9.17) is 0 Å². The normalized spacial score (nSPS) is 10.5. The van der Waals surface area contributed by atoms with Crippen LogP contribution in [0.15, 0.2) is 75.9 Å². The molecule has 0 unspecified atom stereocenters. The van der Waals surface area contributed by atoms with E-state index in [0.717, 1.165) is 17.0 Å². The van der Waals surface area contributed by atoms with E-state index in [1.54, 1.807) is 12.4 Å². The van der Waals surface area contributed by atoms with Crippen LogP contribution in [0.25, 0.3) is 0 Å². The van der Waals surface area contributed by atoms with Gasteiger partial charge in [0.05, 0.1) is 5.75 Å². The highest BCUT2D eigenvalue weighted by Gasteiger charge is 2.11. The van der Waals surface area contributed by atoms with Crippen molar-refractivity contribution in [1.82, 2.24) is 9.97 Å². The van der Waals surface area contributed by atoms with Crippen molar-refractivity contribution in [3.63, 3.8) is 0 Å². The fourth-order valence-corrected chi connectivity index (χ4v) is 3.71. The number of amides is 1. The van der Waals surface area contributed by atoms with Crippen LogP contribution in [-0.4, -0.2) is 21.6 Å². The maximum Gasteiger partial charge on any atom is 0.234 e. The molecule has 0 aliphatic heterocycles. The number of benzene rings is 2. The molecule has 0 fully saturated rings. The topological polar surface area (TPSA) is 54.9 Å². The molecule has 0 aliphatic carbocycles. The molecular formula is C18H13F2N3OS2. The zero-order valence-electron chi connectivity index (χ0n) is 13.4. The summed E-state index contributed by atoms with van der Waals surface area (Å²) in [6.45, 7) is 0. The molecule has 26 heavy (non-hydrogen) atoms. The van der Waals surface area contributed by atoms with Crippen LogP contribution in [0.5, 0.6) is 0 Å². The first-order chi connectivity index (χ1) is 12.6. The third-order valence-electron chi connectivity index (χ3n) is 3.13. The fourth-order valence-electron chi connectivity index (χ4n) is 1.99. The van der Waals surface area contributed by atoms with Crippen molar-refractivity contribution in [1.29, 1.82) is 0 Å². The van der Waals surface area contributed by atoms with Crippen LogP contribution in [0.3, 0.4) is 0 Å². The van der Waals surface area contributed by atoms with Gasteiger partial charge in [-0.3, -0.25) is 4.79 Å². The Bertz CT molecular complexity index is 910. The van der Waals surface area contributed by atoms with Crippen LogP contribution in [0, 0.1) is 11.6 Å². The summed E-state index contributed by atoms with van der Waals surface area (Å²) in [5.74, 6) is -2.24. The predicted molar refractivity (Wildman–Crippen MR) is 98.3 cm³/mol. The van der Waals surface area contributed by atoms with Crippen molar-refractivity contribution in [2.24, 2.45) is 0 Å². The molecule has 0 radical (unpaired) electrons. The first kappa shape index (κ1) is 18.3. The summed E-state index contributed by atoms with van der Waals surface area (Å²) in [4.78, 5) is 21.6. The van der Waals surface area contributed by atoms with Crippen molar-refractivity contribution in [2.45, 2.75) is 14.9 Å². The van der Waals surface area contributed by atoms with E-state index in [1.165, 1.54) is 29.6 Å². The Morgan fingerprint density at radius 2 is 1.69 bits per heavy atom. The molecule has 0 saturated heterocycles. The smallest absolute Gasteiger partial charge is 0.234 e. The van der Waals surface area contributed by atoms with E-state index in [1.807, 2.05) is 30.3 Å². The maximum atomic E-state index is 13.2. The fraction of sp³-hybridized carbons (Fsp3) is 0.0556. The van der Waals surface area contributed by atoms with Gasteiger partial charge in [-0.2, -0.15) is 0 Å². The molecule has 0 bridgehead atoms. The number of aromatic nitrogens is 2. The average molecular weight is 389 g/mol. The molecule has 3 rings (SSSR count). The molecule has 0 atom stereocenters. The lowest BCUT2D eigenvalue weighted by molar-refractivity contribution is -0.113. The number of hydrogen-bond donors (Lipinski definition) is 1. The van der Waals surface area contributed by atoms with Gasteiger partial charge in [0.25, 0.3) is 0 Å². The SMILES string of the molecule is O=C(CSc1nccnc1Sc1ccccc1)Nc1ccc(F)c(F)c1. The van der Waals surface area contributed by atoms with Gasteiger partial charge in [-0.1, -0.05) is 41.7 Å². The Hall–Kier alpha value is -2.45. The summed E-state index contributed by atoms with van der Waals surface area (Å²) in [7, 11) is 0. The van der Waals surface area contributed by atoms with Gasteiger partial charge in [-0.05, 0) is 24.3 Å². The average Bonchev–Trinajstić information content (AvgIpc) is 2.65. The second kappa shape index (κ2) is 8.77. The molecule has 1 N–H and O–H groups in total. The zero-order chi connectivity index (χ0) is 18.4. The highest BCUT2D eigenvalue weighted by molar-refractivity contribution is 8.02. The minimum absolute atomic E-state index is 0.0695. The number of rotatable bonds is 6. The lowest BCUT2D eigenvalue weighted by atomic mass is 10.3. The molecule has 0 spiro atoms. The van der Waals surface area contributed by atoms with E-state index >= 15 is 0 Å². The van der Waals surface area contributed by atoms with Gasteiger partial charge in [0.2, 0.25) is 5.91 Å². The second-order valence-corrected chi connectivity index (χ2v) is 7.07. The van der Waals surface area contributed by atoms with Crippen LogP contribution in [0.2, 0.25) is 0 Å². The molecule has 132 valence electrons. The van der Waals surface area contributed by atoms with Crippen molar-refractivity contribution in [3.05, 3.63) is 72.6 Å². The van der Waals surface area contributed by atoms with Gasteiger partial charge in [0.1, 0.15) is 10.1 Å². The monoisotopic (exact) mass is 389 g/mol. The molecular weight excluding hydrogens is 376 g/mol. The van der Waals surface area contributed by atoms with Crippen LogP contribution < -0.4 is 5.32 Å². The molecule has 8 heteroatoms. The molecule has 0 saturated carbocycles. The van der Waals surface area contributed by atoms with Gasteiger partial charge in [-0.25, -0.2) is 18.7 Å². The summed E-state index contributed by atoms with van der Waals surface area (Å²) in [5.41, 5.74) is 0.201. The number of halogens is 2. The van der Waals surface area contributed by atoms with Gasteiger partial charge >= 0.3 is 0 Å². The highest BCUT2D eigenvalue weighted by Crippen LogP contribution is 2.32. The Balaban J connectivity index is 1.62. The van der Waals surface area contributed by atoms with Gasteiger partial charge in [0, 0.05) is 29.0 Å². The van der Waals surface area contributed by atoms with Crippen LogP contribution >= 0.6 is 23.5 Å². The summed E-state index contributed by atoms with van der Waals surface area (Å²) in [6.07, 6.45) is 3.15. The standard InChI is InChI=1S/C18H13F2N3OS2/c19-14-7-6-12(10-15(14)20)23-16(24)11-25-17-18(22-9-8-21-17)26-13-4-2-1-3-5-13/h1-10H,11H2,(H,23,24). The number of anilines is 1. The van der Waals surface area contributed by atoms with E-state index in [-0.39, 0.29) is 17.3 Å².